The van der Waals surface area contributed by atoms with Gasteiger partial charge in [-0.25, -0.2) is 0 Å². The van der Waals surface area contributed by atoms with Crippen LogP contribution in [0, 0.1) is 12.3 Å². The molecule has 0 aliphatic heterocycles. The first kappa shape index (κ1) is 17.7. The van der Waals surface area contributed by atoms with Crippen LogP contribution in [0.2, 0.25) is 0 Å². The summed E-state index contributed by atoms with van der Waals surface area (Å²) in [5.74, 6) is 2.56. The third-order valence-corrected chi connectivity index (χ3v) is 2.55. The molecule has 0 aromatic rings. The van der Waals surface area contributed by atoms with E-state index in [-0.39, 0.29) is 11.4 Å². The van der Waals surface area contributed by atoms with E-state index in [2.05, 4.69) is 30.4 Å². The summed E-state index contributed by atoms with van der Waals surface area (Å²) in [4.78, 5) is 13.6. The molecule has 0 saturated heterocycles. The Morgan fingerprint density at radius 2 is 2.11 bits per heavy atom. The molecule has 0 saturated carbocycles. The minimum atomic E-state index is -0.125. The molecule has 0 aliphatic carbocycles. The van der Waals surface area contributed by atoms with E-state index in [1.54, 1.807) is 6.08 Å². The van der Waals surface area contributed by atoms with Crippen LogP contribution in [-0.4, -0.2) is 50.1 Å². The van der Waals surface area contributed by atoms with E-state index < -0.39 is 0 Å². The number of hydrogen-bond acceptors (Lipinski definition) is 3. The molecule has 108 valence electrons. The fourth-order valence-corrected chi connectivity index (χ4v) is 1.42. The third-order valence-electron chi connectivity index (χ3n) is 2.55. The molecule has 0 spiro atoms. The van der Waals surface area contributed by atoms with Crippen molar-refractivity contribution < 1.29 is 4.79 Å². The number of likely N-dealkylation sites (N-methyl/N-ethyl adjacent to an activating group) is 1. The monoisotopic (exact) mass is 265 g/mol. The predicted octanol–water partition coefficient (Wildman–Crippen LogP) is 1.00. The third kappa shape index (κ3) is 11.5. The van der Waals surface area contributed by atoms with E-state index in [0.29, 0.717) is 6.54 Å². The average Bonchev–Trinajstić information content (AvgIpc) is 2.32. The van der Waals surface area contributed by atoms with E-state index in [1.165, 1.54) is 0 Å². The molecule has 19 heavy (non-hydrogen) atoms. The standard InChI is InChI=1S/C15H27N3O/c1-6-7-8-11-17-15(2,3)13-16-14(19)10-9-12-18(4)5/h1,9-10,17H,7-8,11-13H2,2-5H3,(H,16,19)/b10-9+. The molecule has 0 aromatic carbocycles. The summed E-state index contributed by atoms with van der Waals surface area (Å²) in [6, 6.07) is 0. The van der Waals surface area contributed by atoms with Gasteiger partial charge in [-0.15, -0.1) is 12.3 Å². The van der Waals surface area contributed by atoms with Crippen molar-refractivity contribution in [3.8, 4) is 12.3 Å². The molecule has 4 nitrogen and oxygen atoms in total. The lowest BCUT2D eigenvalue weighted by molar-refractivity contribution is -0.116. The highest BCUT2D eigenvalue weighted by Crippen LogP contribution is 2.00. The van der Waals surface area contributed by atoms with Crippen LogP contribution in [-0.2, 0) is 4.79 Å². The Kier molecular flexibility index (Phi) is 8.94. The second kappa shape index (κ2) is 9.60. The van der Waals surface area contributed by atoms with Crippen molar-refractivity contribution in [2.45, 2.75) is 32.2 Å². The molecule has 1 amide bonds. The van der Waals surface area contributed by atoms with Gasteiger partial charge in [-0.1, -0.05) is 6.08 Å². The Hall–Kier alpha value is -1.31. The average molecular weight is 265 g/mol. The minimum Gasteiger partial charge on any atom is -0.351 e. The minimum absolute atomic E-state index is 0.0552. The number of carbonyl (C=O) groups excluding carboxylic acids is 1. The molecule has 0 aliphatic rings. The Morgan fingerprint density at radius 3 is 2.68 bits per heavy atom. The Bertz CT molecular complexity index is 327. The van der Waals surface area contributed by atoms with Gasteiger partial charge in [0.05, 0.1) is 0 Å². The Labute approximate surface area is 117 Å². The van der Waals surface area contributed by atoms with Gasteiger partial charge in [0.25, 0.3) is 0 Å². The van der Waals surface area contributed by atoms with Crippen LogP contribution in [0.5, 0.6) is 0 Å². The zero-order chi connectivity index (χ0) is 14.7. The number of nitrogens with zero attached hydrogens (tertiary/aromatic N) is 1. The maximum absolute atomic E-state index is 11.6. The number of nitrogens with one attached hydrogen (secondary N) is 2. The lowest BCUT2D eigenvalue weighted by Gasteiger charge is -2.26. The smallest absolute Gasteiger partial charge is 0.243 e. The van der Waals surface area contributed by atoms with Crippen molar-refractivity contribution >= 4 is 5.91 Å². The molecule has 0 aromatic heterocycles. The van der Waals surface area contributed by atoms with Crippen LogP contribution in [0.3, 0.4) is 0 Å². The highest BCUT2D eigenvalue weighted by Gasteiger charge is 2.16. The highest BCUT2D eigenvalue weighted by molar-refractivity contribution is 5.87. The summed E-state index contributed by atoms with van der Waals surface area (Å²) in [5, 5.41) is 6.27. The van der Waals surface area contributed by atoms with Gasteiger partial charge >= 0.3 is 0 Å². The molecule has 0 atom stereocenters. The Morgan fingerprint density at radius 1 is 1.42 bits per heavy atom. The zero-order valence-electron chi connectivity index (χ0n) is 12.6. The highest BCUT2D eigenvalue weighted by atomic mass is 16.1. The molecule has 0 bridgehead atoms. The molecule has 0 rings (SSSR count). The second-order valence-electron chi connectivity index (χ2n) is 5.50. The molecular weight excluding hydrogens is 238 g/mol. The summed E-state index contributed by atoms with van der Waals surface area (Å²) in [7, 11) is 3.93. The molecule has 0 unspecified atom stereocenters. The summed E-state index contributed by atoms with van der Waals surface area (Å²) < 4.78 is 0. The molecule has 0 fully saturated rings. The van der Waals surface area contributed by atoms with Gasteiger partial charge in [0.2, 0.25) is 5.91 Å². The summed E-state index contributed by atoms with van der Waals surface area (Å²) >= 11 is 0. The van der Waals surface area contributed by atoms with Crippen LogP contribution in [0.25, 0.3) is 0 Å². The zero-order valence-corrected chi connectivity index (χ0v) is 12.6. The van der Waals surface area contributed by atoms with Gasteiger partial charge in [-0.3, -0.25) is 4.79 Å². The molecular formula is C15H27N3O. The number of hydrogen-bond donors (Lipinski definition) is 2. The fourth-order valence-electron chi connectivity index (χ4n) is 1.42. The van der Waals surface area contributed by atoms with E-state index in [9.17, 15) is 4.79 Å². The first-order valence-corrected chi connectivity index (χ1v) is 6.65. The van der Waals surface area contributed by atoms with Gasteiger partial charge in [-0.2, -0.15) is 0 Å². The van der Waals surface area contributed by atoms with Crippen molar-refractivity contribution in [1.29, 1.82) is 0 Å². The van der Waals surface area contributed by atoms with E-state index in [1.807, 2.05) is 25.1 Å². The van der Waals surface area contributed by atoms with Crippen molar-refractivity contribution in [1.82, 2.24) is 15.5 Å². The van der Waals surface area contributed by atoms with Gasteiger partial charge in [0.15, 0.2) is 0 Å². The fraction of sp³-hybridized carbons (Fsp3) is 0.667. The molecule has 0 radical (unpaired) electrons. The quantitative estimate of drug-likeness (QED) is 0.371. The van der Waals surface area contributed by atoms with Gasteiger partial charge < -0.3 is 15.5 Å². The maximum atomic E-state index is 11.6. The number of carbonyl (C=O) groups is 1. The maximum Gasteiger partial charge on any atom is 0.243 e. The number of rotatable bonds is 9. The molecule has 0 heterocycles. The first-order valence-electron chi connectivity index (χ1n) is 6.65. The Balaban J connectivity index is 3.86. The summed E-state index contributed by atoms with van der Waals surface area (Å²) in [5.41, 5.74) is -0.125. The molecule has 4 heteroatoms. The predicted molar refractivity (Wildman–Crippen MR) is 80.9 cm³/mol. The van der Waals surface area contributed by atoms with Crippen molar-refractivity contribution in [3.63, 3.8) is 0 Å². The van der Waals surface area contributed by atoms with Crippen LogP contribution >= 0.6 is 0 Å². The van der Waals surface area contributed by atoms with Gasteiger partial charge in [0.1, 0.15) is 0 Å². The molecule has 2 N–H and O–H groups in total. The van der Waals surface area contributed by atoms with Crippen LogP contribution in [0.1, 0.15) is 26.7 Å². The number of amides is 1. The summed E-state index contributed by atoms with van der Waals surface area (Å²) in [6.45, 7) is 6.35. The largest absolute Gasteiger partial charge is 0.351 e. The lowest BCUT2D eigenvalue weighted by atomic mass is 10.1. The van der Waals surface area contributed by atoms with Crippen LogP contribution in [0.4, 0.5) is 0 Å². The number of unbranched alkanes of at least 4 members (excludes halogenated alkanes) is 1. The lowest BCUT2D eigenvalue weighted by Crippen LogP contribution is -2.49. The second-order valence-corrected chi connectivity index (χ2v) is 5.50. The van der Waals surface area contributed by atoms with Gasteiger partial charge in [0, 0.05) is 31.1 Å². The van der Waals surface area contributed by atoms with Crippen molar-refractivity contribution in [3.05, 3.63) is 12.2 Å². The first-order chi connectivity index (χ1) is 8.87. The van der Waals surface area contributed by atoms with Crippen molar-refractivity contribution in [2.75, 3.05) is 33.7 Å². The van der Waals surface area contributed by atoms with E-state index >= 15 is 0 Å². The number of terminal acetylenes is 1. The van der Waals surface area contributed by atoms with E-state index in [4.69, 9.17) is 6.42 Å². The van der Waals surface area contributed by atoms with Crippen LogP contribution < -0.4 is 10.6 Å². The van der Waals surface area contributed by atoms with E-state index in [0.717, 1.165) is 25.9 Å². The summed E-state index contributed by atoms with van der Waals surface area (Å²) in [6.07, 6.45) is 10.4. The van der Waals surface area contributed by atoms with Gasteiger partial charge in [-0.05, 0) is 40.9 Å². The van der Waals surface area contributed by atoms with Crippen molar-refractivity contribution in [2.24, 2.45) is 0 Å². The normalized spacial score (nSPS) is 11.8. The topological polar surface area (TPSA) is 44.4 Å². The van der Waals surface area contributed by atoms with Crippen LogP contribution in [0.15, 0.2) is 12.2 Å². The SMILES string of the molecule is C#CCCCNC(C)(C)CNC(=O)/C=C/CN(C)C.